The molecule has 33 heavy (non-hydrogen) atoms. The zero-order valence-corrected chi connectivity index (χ0v) is 19.2. The summed E-state index contributed by atoms with van der Waals surface area (Å²) < 4.78 is 32.6. The molecule has 10 heteroatoms. The summed E-state index contributed by atoms with van der Waals surface area (Å²) in [5, 5.41) is 2.62. The standard InChI is InChI=1S/C23H24N6O3S/c1-3-4-13-28-14-15-29(16-28)23-22(25-20-7-5-6-8-21(20)26-23)27-33(31,32)19-11-9-18(10-12-19)24-17(2)30/h5-12,14-16H,3-4,13H2,1-2H3,(H-,24,25,27,30)/p+1. The minimum Gasteiger partial charge on any atom is -0.326 e. The number of amides is 1. The Kier molecular flexibility index (Phi) is 6.36. The van der Waals surface area contributed by atoms with Crippen LogP contribution in [0.1, 0.15) is 26.7 Å². The van der Waals surface area contributed by atoms with Gasteiger partial charge < -0.3 is 5.32 Å². The second-order valence-electron chi connectivity index (χ2n) is 7.61. The van der Waals surface area contributed by atoms with Gasteiger partial charge >= 0.3 is 0 Å². The molecule has 2 heterocycles. The number of anilines is 2. The van der Waals surface area contributed by atoms with Gasteiger partial charge in [-0.25, -0.2) is 23.0 Å². The second-order valence-corrected chi connectivity index (χ2v) is 9.29. The van der Waals surface area contributed by atoms with E-state index in [2.05, 4.69) is 26.9 Å². The van der Waals surface area contributed by atoms with Gasteiger partial charge in [0.25, 0.3) is 15.8 Å². The predicted octanol–water partition coefficient (Wildman–Crippen LogP) is 3.27. The molecule has 0 saturated heterocycles. The van der Waals surface area contributed by atoms with E-state index in [1.807, 2.05) is 41.5 Å². The Labute approximate surface area is 192 Å². The second kappa shape index (κ2) is 9.37. The van der Waals surface area contributed by atoms with Gasteiger partial charge in [-0.2, -0.15) is 4.57 Å². The van der Waals surface area contributed by atoms with Crippen molar-refractivity contribution in [2.45, 2.75) is 38.1 Å². The highest BCUT2D eigenvalue weighted by Crippen LogP contribution is 2.24. The lowest BCUT2D eigenvalue weighted by Gasteiger charge is -2.11. The first-order valence-electron chi connectivity index (χ1n) is 10.6. The molecule has 4 rings (SSSR count). The van der Waals surface area contributed by atoms with Crippen LogP contribution in [-0.2, 0) is 21.4 Å². The van der Waals surface area contributed by atoms with E-state index in [-0.39, 0.29) is 16.6 Å². The summed E-state index contributed by atoms with van der Waals surface area (Å²) in [5.74, 6) is 0.267. The summed E-state index contributed by atoms with van der Waals surface area (Å²) in [6.45, 7) is 4.37. The Morgan fingerprint density at radius 3 is 2.42 bits per heavy atom. The van der Waals surface area contributed by atoms with E-state index >= 15 is 0 Å². The zero-order chi connectivity index (χ0) is 23.4. The number of rotatable bonds is 8. The van der Waals surface area contributed by atoms with Crippen molar-refractivity contribution in [1.82, 2.24) is 14.5 Å². The SMILES string of the molecule is CCCC[n+]1ccn(-c2nc3ccccc3nc2NS(=O)(=O)c2ccc(NC(C)=O)cc2)c1. The number of nitrogens with one attached hydrogen (secondary N) is 2. The summed E-state index contributed by atoms with van der Waals surface area (Å²) in [4.78, 5) is 20.5. The molecular formula is C23H25N6O3S+. The smallest absolute Gasteiger partial charge is 0.270 e. The molecule has 0 unspecified atom stereocenters. The average molecular weight is 466 g/mol. The van der Waals surface area contributed by atoms with Crippen LogP contribution in [0, 0.1) is 0 Å². The first-order valence-corrected chi connectivity index (χ1v) is 12.1. The van der Waals surface area contributed by atoms with Crippen molar-refractivity contribution >= 4 is 38.5 Å². The number of nitrogens with zero attached hydrogens (tertiary/aromatic N) is 4. The van der Waals surface area contributed by atoms with E-state index in [0.717, 1.165) is 19.4 Å². The average Bonchev–Trinajstić information content (AvgIpc) is 3.25. The Hall–Kier alpha value is -3.79. The summed E-state index contributed by atoms with van der Waals surface area (Å²) in [7, 11) is -3.95. The molecule has 2 aromatic heterocycles. The van der Waals surface area contributed by atoms with Crippen LogP contribution in [0.4, 0.5) is 11.5 Å². The predicted molar refractivity (Wildman–Crippen MR) is 126 cm³/mol. The molecule has 9 nitrogen and oxygen atoms in total. The number of imidazole rings is 1. The lowest BCUT2D eigenvalue weighted by molar-refractivity contribution is -0.696. The first-order chi connectivity index (χ1) is 15.9. The van der Waals surface area contributed by atoms with Crippen LogP contribution in [0.25, 0.3) is 16.9 Å². The molecule has 0 saturated carbocycles. The normalized spacial score (nSPS) is 11.5. The van der Waals surface area contributed by atoms with Gasteiger partial charge in [-0.3, -0.25) is 9.52 Å². The third kappa shape index (κ3) is 5.17. The maximum Gasteiger partial charge on any atom is 0.270 e. The molecule has 0 aliphatic heterocycles. The quantitative estimate of drug-likeness (QED) is 0.388. The number of hydrogen-bond acceptors (Lipinski definition) is 5. The molecule has 2 N–H and O–H groups in total. The molecule has 2 aromatic carbocycles. The number of sulfonamides is 1. The van der Waals surface area contributed by atoms with Crippen molar-refractivity contribution in [1.29, 1.82) is 0 Å². The van der Waals surface area contributed by atoms with Gasteiger partial charge in [0.15, 0.2) is 0 Å². The van der Waals surface area contributed by atoms with Crippen molar-refractivity contribution in [3.05, 3.63) is 67.3 Å². The molecule has 0 radical (unpaired) electrons. The minimum absolute atomic E-state index is 0.0445. The number of benzene rings is 2. The van der Waals surface area contributed by atoms with Crippen molar-refractivity contribution < 1.29 is 17.8 Å². The van der Waals surface area contributed by atoms with Crippen molar-refractivity contribution in [2.24, 2.45) is 0 Å². The van der Waals surface area contributed by atoms with Crippen LogP contribution in [0.5, 0.6) is 0 Å². The van der Waals surface area contributed by atoms with E-state index in [4.69, 9.17) is 0 Å². The number of aromatic nitrogens is 4. The lowest BCUT2D eigenvalue weighted by atomic mass is 10.3. The third-order valence-electron chi connectivity index (χ3n) is 4.97. The van der Waals surface area contributed by atoms with Gasteiger partial charge in [0.2, 0.25) is 18.1 Å². The van der Waals surface area contributed by atoms with Gasteiger partial charge in [-0.05, 0) is 42.8 Å². The van der Waals surface area contributed by atoms with E-state index < -0.39 is 10.0 Å². The van der Waals surface area contributed by atoms with Crippen molar-refractivity contribution in [3.8, 4) is 5.82 Å². The maximum atomic E-state index is 13.1. The fraction of sp³-hybridized carbons (Fsp3) is 0.217. The van der Waals surface area contributed by atoms with Crippen molar-refractivity contribution in [3.63, 3.8) is 0 Å². The van der Waals surface area contributed by atoms with Crippen LogP contribution in [-0.4, -0.2) is 28.9 Å². The van der Waals surface area contributed by atoms with Crippen LogP contribution in [0.2, 0.25) is 0 Å². The molecule has 0 aliphatic rings. The molecule has 0 fully saturated rings. The number of carbonyl (C=O) groups excluding carboxylic acids is 1. The number of carbonyl (C=O) groups is 1. The maximum absolute atomic E-state index is 13.1. The topological polar surface area (TPSA) is 110 Å². The Morgan fingerprint density at radius 1 is 1.06 bits per heavy atom. The van der Waals surface area contributed by atoms with Gasteiger partial charge in [-0.15, -0.1) is 0 Å². The van der Waals surface area contributed by atoms with E-state index in [0.29, 0.717) is 22.5 Å². The third-order valence-corrected chi connectivity index (χ3v) is 6.33. The molecule has 0 atom stereocenters. The zero-order valence-electron chi connectivity index (χ0n) is 18.4. The molecule has 170 valence electrons. The monoisotopic (exact) mass is 465 g/mol. The van der Waals surface area contributed by atoms with Crippen LogP contribution < -0.4 is 14.6 Å². The summed E-state index contributed by atoms with van der Waals surface area (Å²) in [6, 6.07) is 13.2. The number of para-hydroxylation sites is 2. The highest BCUT2D eigenvalue weighted by molar-refractivity contribution is 7.92. The van der Waals surface area contributed by atoms with Gasteiger partial charge in [0, 0.05) is 12.6 Å². The number of unbranched alkanes of at least 4 members (excludes halogenated alkanes) is 1. The highest BCUT2D eigenvalue weighted by Gasteiger charge is 2.22. The number of fused-ring (bicyclic) bond motifs is 1. The largest absolute Gasteiger partial charge is 0.326 e. The summed E-state index contributed by atoms with van der Waals surface area (Å²) in [6.07, 6.45) is 7.72. The fourth-order valence-electron chi connectivity index (χ4n) is 3.34. The van der Waals surface area contributed by atoms with E-state index in [1.165, 1.54) is 31.2 Å². The van der Waals surface area contributed by atoms with Crippen LogP contribution >= 0.6 is 0 Å². The van der Waals surface area contributed by atoms with E-state index in [9.17, 15) is 13.2 Å². The highest BCUT2D eigenvalue weighted by atomic mass is 32.2. The molecule has 1 amide bonds. The molecule has 0 bridgehead atoms. The Balaban J connectivity index is 1.72. The molecule has 0 spiro atoms. The van der Waals surface area contributed by atoms with Gasteiger partial charge in [-0.1, -0.05) is 25.5 Å². The molecule has 0 aliphatic carbocycles. The minimum atomic E-state index is -3.95. The van der Waals surface area contributed by atoms with E-state index in [1.54, 1.807) is 10.6 Å². The first kappa shape index (κ1) is 22.4. The Morgan fingerprint density at radius 2 is 1.76 bits per heavy atom. The fourth-order valence-corrected chi connectivity index (χ4v) is 4.34. The molecule has 4 aromatic rings. The number of hydrogen-bond donors (Lipinski definition) is 2. The van der Waals surface area contributed by atoms with Crippen LogP contribution in [0.3, 0.4) is 0 Å². The van der Waals surface area contributed by atoms with Crippen molar-refractivity contribution in [2.75, 3.05) is 10.0 Å². The summed E-state index contributed by atoms with van der Waals surface area (Å²) >= 11 is 0. The lowest BCUT2D eigenvalue weighted by Crippen LogP contribution is -2.30. The van der Waals surface area contributed by atoms with Gasteiger partial charge in [0.1, 0.15) is 12.4 Å². The van der Waals surface area contributed by atoms with Gasteiger partial charge in [0.05, 0.1) is 22.5 Å². The molecular weight excluding hydrogens is 440 g/mol. The Bertz CT molecular complexity index is 1400. The number of aryl methyl sites for hydroxylation is 1. The summed E-state index contributed by atoms with van der Waals surface area (Å²) in [5.41, 5.74) is 1.74. The van der Waals surface area contributed by atoms with Crippen LogP contribution in [0.15, 0.2) is 72.1 Å².